The molecule has 0 aliphatic carbocycles. The predicted octanol–water partition coefficient (Wildman–Crippen LogP) is 5.99. The van der Waals surface area contributed by atoms with Crippen LogP contribution < -0.4 is 9.62 Å². The molecule has 1 aromatic heterocycles. The predicted molar refractivity (Wildman–Crippen MR) is 150 cm³/mol. The number of halogens is 2. The summed E-state index contributed by atoms with van der Waals surface area (Å²) in [7, 11) is -3.92. The van der Waals surface area contributed by atoms with E-state index in [0.29, 0.717) is 16.1 Å². The Bertz CT molecular complexity index is 1660. The van der Waals surface area contributed by atoms with E-state index in [9.17, 15) is 23.1 Å². The molecule has 1 amide bonds. The van der Waals surface area contributed by atoms with Crippen LogP contribution in [0.3, 0.4) is 0 Å². The quantitative estimate of drug-likeness (QED) is 0.154. The van der Waals surface area contributed by atoms with E-state index >= 15 is 0 Å². The highest BCUT2D eigenvalue weighted by atomic mass is 79.9. The molecule has 192 valence electrons. The van der Waals surface area contributed by atoms with Gasteiger partial charge in [-0.1, -0.05) is 39.7 Å². The van der Waals surface area contributed by atoms with Crippen LogP contribution in [0, 0.1) is 0 Å². The molecule has 0 spiro atoms. The molecular formula is C26H17BrClN3O5S2. The number of nitrogens with zero attached hydrogens (tertiary/aromatic N) is 2. The summed E-state index contributed by atoms with van der Waals surface area (Å²) in [5.41, 5.74) is 1.08. The summed E-state index contributed by atoms with van der Waals surface area (Å²) < 4.78 is 28.7. The van der Waals surface area contributed by atoms with Gasteiger partial charge in [-0.2, -0.15) is 0 Å². The van der Waals surface area contributed by atoms with Crippen LogP contribution in [0.4, 0.5) is 10.8 Å². The highest BCUT2D eigenvalue weighted by molar-refractivity contribution is 9.10. The smallest absolute Gasteiger partial charge is 0.300 e. The second-order valence-corrected chi connectivity index (χ2v) is 12.1. The lowest BCUT2D eigenvalue weighted by Gasteiger charge is -2.25. The molecule has 1 aliphatic heterocycles. The number of rotatable bonds is 6. The molecule has 38 heavy (non-hydrogen) atoms. The van der Waals surface area contributed by atoms with E-state index in [4.69, 9.17) is 11.6 Å². The Balaban J connectivity index is 1.59. The summed E-state index contributed by atoms with van der Waals surface area (Å²) in [5, 5.41) is 13.5. The van der Waals surface area contributed by atoms with Crippen molar-refractivity contribution >= 4 is 77.2 Å². The standard InChI is InChI=1S/C26H17BrClN3O5S2/c27-17-5-1-15(2-6-17)22-21(23(32)16-3-7-18(28)8-4-16)24(33)25(34)31(22)19-9-11-20(12-10-19)38(35,36)30-26-29-13-14-37-26/h1-14,22,32H,(H,29,30)/t22-/m0/s1. The Labute approximate surface area is 235 Å². The second kappa shape index (κ2) is 10.3. The SMILES string of the molecule is O=C1C(=O)N(c2ccc(S(=O)(=O)Nc3nccs3)cc2)[C@@H](c2ccc(Br)cc2)C1=C(O)c1ccc(Cl)cc1. The van der Waals surface area contributed by atoms with Gasteiger partial charge in [0, 0.05) is 32.3 Å². The zero-order valence-corrected chi connectivity index (χ0v) is 23.2. The number of carbonyl (C=O) groups excluding carboxylic acids is 2. The number of ketones is 1. The maximum atomic E-state index is 13.3. The Morgan fingerprint density at radius 3 is 2.26 bits per heavy atom. The highest BCUT2D eigenvalue weighted by Crippen LogP contribution is 2.42. The van der Waals surface area contributed by atoms with Crippen molar-refractivity contribution in [3.63, 3.8) is 0 Å². The van der Waals surface area contributed by atoms with Gasteiger partial charge < -0.3 is 5.11 Å². The number of aromatic nitrogens is 1. The van der Waals surface area contributed by atoms with Crippen molar-refractivity contribution in [2.45, 2.75) is 10.9 Å². The molecule has 1 fully saturated rings. The number of hydrogen-bond donors (Lipinski definition) is 2. The Morgan fingerprint density at radius 2 is 1.66 bits per heavy atom. The molecule has 0 saturated carbocycles. The molecule has 4 aromatic rings. The van der Waals surface area contributed by atoms with Crippen LogP contribution in [-0.4, -0.2) is 30.2 Å². The lowest BCUT2D eigenvalue weighted by atomic mass is 9.95. The minimum atomic E-state index is -3.92. The van der Waals surface area contributed by atoms with E-state index in [1.54, 1.807) is 53.9 Å². The normalized spacial score (nSPS) is 17.1. The zero-order valence-electron chi connectivity index (χ0n) is 19.2. The molecule has 1 saturated heterocycles. The van der Waals surface area contributed by atoms with Gasteiger partial charge in [0.15, 0.2) is 5.13 Å². The van der Waals surface area contributed by atoms with Crippen molar-refractivity contribution < 1.29 is 23.1 Å². The fourth-order valence-corrected chi connectivity index (χ4v) is 6.24. The zero-order chi connectivity index (χ0) is 27.0. The number of aliphatic hydroxyl groups is 1. The molecular weight excluding hydrogens is 614 g/mol. The van der Waals surface area contributed by atoms with E-state index in [1.165, 1.54) is 35.4 Å². The topological polar surface area (TPSA) is 117 Å². The number of anilines is 2. The summed E-state index contributed by atoms with van der Waals surface area (Å²) in [6.45, 7) is 0. The largest absolute Gasteiger partial charge is 0.507 e. The average molecular weight is 631 g/mol. The summed E-state index contributed by atoms with van der Waals surface area (Å²) in [6, 6.07) is 17.8. The number of benzene rings is 3. The number of aliphatic hydroxyl groups excluding tert-OH is 1. The molecule has 2 N–H and O–H groups in total. The molecule has 12 heteroatoms. The van der Waals surface area contributed by atoms with E-state index in [-0.39, 0.29) is 27.0 Å². The van der Waals surface area contributed by atoms with Gasteiger partial charge in [0.25, 0.3) is 21.7 Å². The maximum absolute atomic E-state index is 13.3. The van der Waals surface area contributed by atoms with Crippen molar-refractivity contribution in [2.24, 2.45) is 0 Å². The molecule has 0 bridgehead atoms. The molecule has 2 heterocycles. The molecule has 0 radical (unpaired) electrons. The summed E-state index contributed by atoms with van der Waals surface area (Å²) in [5.74, 6) is -2.07. The Hall–Kier alpha value is -3.51. The molecule has 1 aliphatic rings. The lowest BCUT2D eigenvalue weighted by molar-refractivity contribution is -0.132. The van der Waals surface area contributed by atoms with Gasteiger partial charge in [0.2, 0.25) is 0 Å². The third-order valence-electron chi connectivity index (χ3n) is 5.83. The molecule has 3 aromatic carbocycles. The van der Waals surface area contributed by atoms with Gasteiger partial charge in [0.05, 0.1) is 16.5 Å². The van der Waals surface area contributed by atoms with Gasteiger partial charge in [-0.05, 0) is 66.2 Å². The van der Waals surface area contributed by atoms with E-state index in [0.717, 1.165) is 15.8 Å². The first-order chi connectivity index (χ1) is 18.2. The highest BCUT2D eigenvalue weighted by Gasteiger charge is 2.47. The van der Waals surface area contributed by atoms with Crippen LogP contribution in [0.2, 0.25) is 5.02 Å². The van der Waals surface area contributed by atoms with Gasteiger partial charge in [0.1, 0.15) is 5.76 Å². The maximum Gasteiger partial charge on any atom is 0.300 e. The number of hydrogen-bond acceptors (Lipinski definition) is 7. The van der Waals surface area contributed by atoms with E-state index in [2.05, 4.69) is 25.6 Å². The minimum Gasteiger partial charge on any atom is -0.507 e. The summed E-state index contributed by atoms with van der Waals surface area (Å²) >= 11 is 10.5. The van der Waals surface area contributed by atoms with Gasteiger partial charge in [-0.15, -0.1) is 11.3 Å². The average Bonchev–Trinajstić information content (AvgIpc) is 3.50. The van der Waals surface area contributed by atoms with Crippen LogP contribution in [0.1, 0.15) is 17.2 Å². The molecule has 5 rings (SSSR count). The molecule has 1 atom stereocenters. The third kappa shape index (κ3) is 4.97. The Morgan fingerprint density at radius 1 is 1.00 bits per heavy atom. The lowest BCUT2D eigenvalue weighted by Crippen LogP contribution is -2.29. The third-order valence-corrected chi connectivity index (χ3v) is 8.78. The number of thiazole rings is 1. The van der Waals surface area contributed by atoms with Gasteiger partial charge in [-0.3, -0.25) is 19.2 Å². The number of amides is 1. The number of nitrogens with one attached hydrogen (secondary N) is 1. The van der Waals surface area contributed by atoms with Crippen LogP contribution in [-0.2, 0) is 19.6 Å². The summed E-state index contributed by atoms with van der Waals surface area (Å²) in [6.07, 6.45) is 1.48. The van der Waals surface area contributed by atoms with E-state index < -0.39 is 27.8 Å². The number of carbonyl (C=O) groups is 2. The first kappa shape index (κ1) is 26.1. The van der Waals surface area contributed by atoms with Gasteiger partial charge in [-0.25, -0.2) is 13.4 Å². The monoisotopic (exact) mass is 629 g/mol. The van der Waals surface area contributed by atoms with Crippen molar-refractivity contribution in [1.82, 2.24) is 4.98 Å². The van der Waals surface area contributed by atoms with Gasteiger partial charge >= 0.3 is 0 Å². The second-order valence-electron chi connectivity index (χ2n) is 8.16. The number of sulfonamides is 1. The van der Waals surface area contributed by atoms with Crippen molar-refractivity contribution in [2.75, 3.05) is 9.62 Å². The fraction of sp³-hybridized carbons (Fsp3) is 0.0385. The summed E-state index contributed by atoms with van der Waals surface area (Å²) in [4.78, 5) is 31.7. The minimum absolute atomic E-state index is 0.0469. The fourth-order valence-electron chi connectivity index (χ4n) is 4.06. The number of Topliss-reactive ketones (excluding diaryl/α,β-unsaturated/α-hetero) is 1. The van der Waals surface area contributed by atoms with Crippen molar-refractivity contribution in [3.05, 3.63) is 111 Å². The van der Waals surface area contributed by atoms with Crippen molar-refractivity contribution in [1.29, 1.82) is 0 Å². The molecule has 8 nitrogen and oxygen atoms in total. The first-order valence-corrected chi connectivity index (χ1v) is 14.5. The van der Waals surface area contributed by atoms with Crippen LogP contribution in [0.5, 0.6) is 0 Å². The molecule has 0 unspecified atom stereocenters. The first-order valence-electron chi connectivity index (χ1n) is 11.0. The van der Waals surface area contributed by atoms with Crippen LogP contribution >= 0.6 is 38.9 Å². The van der Waals surface area contributed by atoms with E-state index in [1.807, 2.05) is 0 Å². The van der Waals surface area contributed by atoms with Crippen LogP contribution in [0.25, 0.3) is 5.76 Å². The van der Waals surface area contributed by atoms with Crippen LogP contribution in [0.15, 0.2) is 99.3 Å². The Kier molecular flexibility index (Phi) is 7.10. The van der Waals surface area contributed by atoms with Crippen molar-refractivity contribution in [3.8, 4) is 0 Å².